The summed E-state index contributed by atoms with van der Waals surface area (Å²) in [5, 5.41) is 0. The molecule has 1 aromatic heterocycles. The van der Waals surface area contributed by atoms with Crippen LogP contribution in [0.3, 0.4) is 0 Å². The number of allylic oxidation sites excluding steroid dienone is 1. The van der Waals surface area contributed by atoms with Gasteiger partial charge in [0.15, 0.2) is 24.7 Å². The molecule has 0 N–H and O–H groups in total. The highest BCUT2D eigenvalue weighted by molar-refractivity contribution is 6.14. The van der Waals surface area contributed by atoms with E-state index in [0.29, 0.717) is 36.0 Å². The fourth-order valence-corrected chi connectivity index (χ4v) is 3.10. The Hall–Kier alpha value is -3.47. The summed E-state index contributed by atoms with van der Waals surface area (Å²) in [6.45, 7) is 3.30. The number of fused-ring (bicyclic) bond motifs is 1. The molecule has 29 heavy (non-hydrogen) atoms. The molecule has 1 aliphatic rings. The first kappa shape index (κ1) is 18.9. The summed E-state index contributed by atoms with van der Waals surface area (Å²) in [6, 6.07) is 15.5. The Morgan fingerprint density at radius 2 is 1.83 bits per heavy atom. The van der Waals surface area contributed by atoms with Gasteiger partial charge in [-0.25, -0.2) is 8.96 Å². The van der Waals surface area contributed by atoms with Gasteiger partial charge in [-0.2, -0.15) is 0 Å². The van der Waals surface area contributed by atoms with E-state index in [1.165, 1.54) is 12.1 Å². The molecule has 0 radical (unpaired) electrons. The topological polar surface area (TPSA) is 39.4 Å². The van der Waals surface area contributed by atoms with Crippen molar-refractivity contribution in [3.8, 4) is 11.5 Å². The lowest BCUT2D eigenvalue weighted by molar-refractivity contribution is -0.688. The predicted octanol–water partition coefficient (Wildman–Crippen LogP) is 4.57. The molecule has 146 valence electrons. The second-order valence-electron chi connectivity index (χ2n) is 6.88. The third kappa shape index (κ3) is 4.35. The van der Waals surface area contributed by atoms with E-state index < -0.39 is 0 Å². The smallest absolute Gasteiger partial charge is 0.231 e. The Balaban J connectivity index is 1.47. The molecule has 5 heteroatoms. The van der Waals surface area contributed by atoms with E-state index in [-0.39, 0.29) is 11.6 Å². The second-order valence-corrected chi connectivity index (χ2v) is 6.88. The fourth-order valence-electron chi connectivity index (χ4n) is 3.10. The summed E-state index contributed by atoms with van der Waals surface area (Å²) < 4.78 is 26.4. The zero-order valence-electron chi connectivity index (χ0n) is 16.1. The Labute approximate surface area is 168 Å². The van der Waals surface area contributed by atoms with Gasteiger partial charge in [-0.15, -0.1) is 0 Å². The molecular weight excluding hydrogens is 369 g/mol. The van der Waals surface area contributed by atoms with Crippen LogP contribution in [0.5, 0.6) is 11.5 Å². The van der Waals surface area contributed by atoms with Gasteiger partial charge in [0, 0.05) is 23.8 Å². The number of hydrogen-bond acceptors (Lipinski definition) is 3. The van der Waals surface area contributed by atoms with Gasteiger partial charge in [-0.05, 0) is 54.5 Å². The van der Waals surface area contributed by atoms with Gasteiger partial charge < -0.3 is 9.47 Å². The number of hydrogen-bond donors (Lipinski definition) is 0. The summed E-state index contributed by atoms with van der Waals surface area (Å²) in [4.78, 5) is 12.6. The molecule has 0 fully saturated rings. The maximum atomic E-state index is 13.0. The molecule has 3 aromatic rings. The number of nitrogens with zero attached hydrogens (tertiary/aromatic N) is 1. The van der Waals surface area contributed by atoms with E-state index >= 15 is 0 Å². The van der Waals surface area contributed by atoms with Crippen LogP contribution in [0.15, 0.2) is 72.8 Å². The average Bonchev–Trinajstić information content (AvgIpc) is 3.04. The van der Waals surface area contributed by atoms with Crippen LogP contribution < -0.4 is 14.0 Å². The summed E-state index contributed by atoms with van der Waals surface area (Å²) in [5.41, 5.74) is 2.41. The lowest BCUT2D eigenvalue weighted by Gasteiger charge is -2.05. The van der Waals surface area contributed by atoms with Gasteiger partial charge in [0.25, 0.3) is 0 Å². The fraction of sp³-hybridized carbons (Fsp3) is 0.167. The van der Waals surface area contributed by atoms with Crippen molar-refractivity contribution in [1.29, 1.82) is 0 Å². The maximum absolute atomic E-state index is 13.0. The first-order valence-corrected chi connectivity index (χ1v) is 9.57. The predicted molar refractivity (Wildman–Crippen MR) is 107 cm³/mol. The zero-order valence-corrected chi connectivity index (χ0v) is 16.1. The van der Waals surface area contributed by atoms with Crippen molar-refractivity contribution in [3.05, 3.63) is 95.3 Å². The Morgan fingerprint density at radius 3 is 2.55 bits per heavy atom. The van der Waals surface area contributed by atoms with Gasteiger partial charge in [-0.3, -0.25) is 4.79 Å². The monoisotopic (exact) mass is 390 g/mol. The normalized spacial score (nSPS) is 14.0. The van der Waals surface area contributed by atoms with Gasteiger partial charge in [0.1, 0.15) is 17.3 Å². The number of benzene rings is 2. The first-order chi connectivity index (χ1) is 14.1. The van der Waals surface area contributed by atoms with Crippen molar-refractivity contribution in [1.82, 2.24) is 0 Å². The molecule has 0 bridgehead atoms. The summed E-state index contributed by atoms with van der Waals surface area (Å²) in [7, 11) is 0. The molecule has 2 aromatic carbocycles. The standard InChI is InChI=1S/C24H21FNO3/c1-2-13-28-20-7-8-21-22(15-20)29-23(24(21)27)14-17-9-11-26(12-10-17)16-18-3-5-19(25)6-4-18/h3-12,14-15H,2,13,16H2,1H3/q+1/b23-14-. The molecular formula is C24H21FNO3+. The molecule has 0 unspecified atom stereocenters. The van der Waals surface area contributed by atoms with E-state index in [1.54, 1.807) is 36.4 Å². The SMILES string of the molecule is CCCOc1ccc2c(c1)O/C(=C\c1cc[n+](Cc3ccc(F)cc3)cc1)C2=O. The lowest BCUT2D eigenvalue weighted by Crippen LogP contribution is -2.33. The van der Waals surface area contributed by atoms with Crippen LogP contribution in [-0.4, -0.2) is 12.4 Å². The molecule has 1 aliphatic heterocycles. The van der Waals surface area contributed by atoms with Crippen molar-refractivity contribution in [2.45, 2.75) is 19.9 Å². The zero-order chi connectivity index (χ0) is 20.2. The summed E-state index contributed by atoms with van der Waals surface area (Å²) in [6.07, 6.45) is 6.48. The van der Waals surface area contributed by atoms with Crippen molar-refractivity contribution in [3.63, 3.8) is 0 Å². The summed E-state index contributed by atoms with van der Waals surface area (Å²) in [5.74, 6) is 1.14. The number of pyridine rings is 1. The second kappa shape index (κ2) is 8.27. The van der Waals surface area contributed by atoms with Crippen LogP contribution >= 0.6 is 0 Å². The minimum Gasteiger partial charge on any atom is -0.493 e. The minimum absolute atomic E-state index is 0.134. The molecule has 0 spiro atoms. The van der Waals surface area contributed by atoms with Gasteiger partial charge in [-0.1, -0.05) is 6.92 Å². The molecule has 2 heterocycles. The Morgan fingerprint density at radius 1 is 1.07 bits per heavy atom. The van der Waals surface area contributed by atoms with Crippen molar-refractivity contribution in [2.24, 2.45) is 0 Å². The minimum atomic E-state index is -0.244. The van der Waals surface area contributed by atoms with Gasteiger partial charge in [0.2, 0.25) is 5.78 Å². The number of carbonyl (C=O) groups is 1. The van der Waals surface area contributed by atoms with Gasteiger partial charge in [0.05, 0.1) is 12.2 Å². The van der Waals surface area contributed by atoms with Crippen LogP contribution in [0, 0.1) is 5.82 Å². The van der Waals surface area contributed by atoms with E-state index in [2.05, 4.69) is 0 Å². The van der Waals surface area contributed by atoms with Crippen LogP contribution in [-0.2, 0) is 6.54 Å². The number of halogens is 1. The third-order valence-corrected chi connectivity index (χ3v) is 4.61. The molecule has 0 amide bonds. The van der Waals surface area contributed by atoms with Crippen molar-refractivity contribution < 1.29 is 23.2 Å². The maximum Gasteiger partial charge on any atom is 0.231 e. The van der Waals surface area contributed by atoms with E-state index in [0.717, 1.165) is 17.5 Å². The summed E-state index contributed by atoms with van der Waals surface area (Å²) >= 11 is 0. The molecule has 0 saturated carbocycles. The number of Topliss-reactive ketones (excluding diaryl/α,β-unsaturated/α-hetero) is 1. The van der Waals surface area contributed by atoms with Crippen LogP contribution in [0.25, 0.3) is 6.08 Å². The number of ether oxygens (including phenoxy) is 2. The van der Waals surface area contributed by atoms with Crippen molar-refractivity contribution >= 4 is 11.9 Å². The highest BCUT2D eigenvalue weighted by Gasteiger charge is 2.27. The van der Waals surface area contributed by atoms with E-state index in [1.807, 2.05) is 36.0 Å². The van der Waals surface area contributed by atoms with Gasteiger partial charge >= 0.3 is 0 Å². The average molecular weight is 390 g/mol. The highest BCUT2D eigenvalue weighted by Crippen LogP contribution is 2.34. The number of aromatic nitrogens is 1. The number of ketones is 1. The molecule has 0 atom stereocenters. The highest BCUT2D eigenvalue weighted by atomic mass is 19.1. The molecule has 0 saturated heterocycles. The first-order valence-electron chi connectivity index (χ1n) is 9.57. The third-order valence-electron chi connectivity index (χ3n) is 4.61. The lowest BCUT2D eigenvalue weighted by atomic mass is 10.1. The van der Waals surface area contributed by atoms with Crippen LogP contribution in [0.4, 0.5) is 4.39 Å². The van der Waals surface area contributed by atoms with Crippen LogP contribution in [0.2, 0.25) is 0 Å². The van der Waals surface area contributed by atoms with E-state index in [4.69, 9.17) is 9.47 Å². The van der Waals surface area contributed by atoms with Crippen LogP contribution in [0.1, 0.15) is 34.8 Å². The largest absolute Gasteiger partial charge is 0.493 e. The quantitative estimate of drug-likeness (QED) is 0.457. The van der Waals surface area contributed by atoms with Crippen molar-refractivity contribution in [2.75, 3.05) is 6.61 Å². The Bertz CT molecular complexity index is 1060. The number of rotatable bonds is 6. The Kier molecular flexibility index (Phi) is 5.38. The molecule has 4 nitrogen and oxygen atoms in total. The molecule has 0 aliphatic carbocycles. The van der Waals surface area contributed by atoms with E-state index in [9.17, 15) is 9.18 Å². The molecule has 4 rings (SSSR count). The number of carbonyl (C=O) groups excluding carboxylic acids is 1.